The predicted octanol–water partition coefficient (Wildman–Crippen LogP) is 13.4. The van der Waals surface area contributed by atoms with Crippen LogP contribution in [0.3, 0.4) is 0 Å². The number of ether oxygens (including phenoxy) is 4. The van der Waals surface area contributed by atoms with Gasteiger partial charge in [-0.05, 0) is 110 Å². The van der Waals surface area contributed by atoms with Gasteiger partial charge in [0.25, 0.3) is 5.91 Å². The topological polar surface area (TPSA) is 100 Å². The number of esters is 2. The van der Waals surface area contributed by atoms with Crippen LogP contribution in [0.2, 0.25) is 0 Å². The fourth-order valence-corrected chi connectivity index (χ4v) is 6.57. The molecular weight excluding hydrogens is 727 g/mol. The van der Waals surface area contributed by atoms with Crippen LogP contribution in [-0.4, -0.2) is 31.1 Å². The number of rotatable bonds is 28. The van der Waals surface area contributed by atoms with Gasteiger partial charge in [-0.1, -0.05) is 123 Å². The van der Waals surface area contributed by atoms with Gasteiger partial charge in [0.05, 0.1) is 29.9 Å². The standard InChI is InChI=1S/C50H65NO7/c1-4-7-10-13-16-19-36-55-43-30-24-40(25-31-43)49(53)57-45-34-35-47(58-50(54)41-26-32-44(33-27-41)56-37-20-17-14-11-8-5-2)46(38-45)48(52)51-42-28-22-39(23-29-42)21-18-15-12-9-6-3/h22-35,38H,4-21,36-37H2,1-3H3,(H,51,52). The Morgan fingerprint density at radius 2 is 0.914 bits per heavy atom. The monoisotopic (exact) mass is 791 g/mol. The summed E-state index contributed by atoms with van der Waals surface area (Å²) in [6.45, 7) is 7.87. The van der Waals surface area contributed by atoms with E-state index in [0.29, 0.717) is 41.5 Å². The third-order valence-corrected chi connectivity index (χ3v) is 10.1. The Morgan fingerprint density at radius 3 is 1.43 bits per heavy atom. The summed E-state index contributed by atoms with van der Waals surface area (Å²) in [5, 5.41) is 2.92. The number of carbonyl (C=O) groups is 3. The summed E-state index contributed by atoms with van der Waals surface area (Å²) in [7, 11) is 0. The van der Waals surface area contributed by atoms with E-state index < -0.39 is 17.8 Å². The van der Waals surface area contributed by atoms with E-state index in [0.717, 1.165) is 38.5 Å². The van der Waals surface area contributed by atoms with Gasteiger partial charge in [0.1, 0.15) is 23.0 Å². The summed E-state index contributed by atoms with van der Waals surface area (Å²) in [6, 6.07) is 25.7. The number of benzene rings is 4. The Labute approximate surface area is 347 Å². The Morgan fingerprint density at radius 1 is 0.466 bits per heavy atom. The zero-order valence-electron chi connectivity index (χ0n) is 35.2. The molecule has 0 bridgehead atoms. The highest BCUT2D eigenvalue weighted by Crippen LogP contribution is 2.28. The molecule has 4 rings (SSSR count). The van der Waals surface area contributed by atoms with Crippen LogP contribution in [0.5, 0.6) is 23.0 Å². The number of aryl methyl sites for hydroxylation is 1. The predicted molar refractivity (Wildman–Crippen MR) is 234 cm³/mol. The minimum Gasteiger partial charge on any atom is -0.494 e. The van der Waals surface area contributed by atoms with Crippen molar-refractivity contribution < 1.29 is 33.3 Å². The quantitative estimate of drug-likeness (QED) is 0.0347. The molecule has 0 aliphatic heterocycles. The second kappa shape index (κ2) is 26.7. The van der Waals surface area contributed by atoms with Gasteiger partial charge in [0.15, 0.2) is 0 Å². The average Bonchev–Trinajstić information content (AvgIpc) is 3.24. The van der Waals surface area contributed by atoms with Crippen LogP contribution in [0.25, 0.3) is 0 Å². The molecule has 0 aliphatic carbocycles. The zero-order valence-corrected chi connectivity index (χ0v) is 35.2. The highest BCUT2D eigenvalue weighted by Gasteiger charge is 2.20. The smallest absolute Gasteiger partial charge is 0.343 e. The van der Waals surface area contributed by atoms with Crippen LogP contribution in [0, 0.1) is 0 Å². The molecule has 8 heteroatoms. The molecule has 4 aromatic rings. The second-order valence-electron chi connectivity index (χ2n) is 15.0. The minimum absolute atomic E-state index is 0.0289. The first-order valence-corrected chi connectivity index (χ1v) is 21.8. The number of nitrogens with one attached hydrogen (secondary N) is 1. The summed E-state index contributed by atoms with van der Waals surface area (Å²) >= 11 is 0. The Kier molecular flexibility index (Phi) is 21.0. The van der Waals surface area contributed by atoms with Crippen molar-refractivity contribution in [2.45, 2.75) is 136 Å². The van der Waals surface area contributed by atoms with Crippen molar-refractivity contribution >= 4 is 23.5 Å². The molecule has 312 valence electrons. The Balaban J connectivity index is 1.41. The summed E-state index contributed by atoms with van der Waals surface area (Å²) in [5.41, 5.74) is 2.47. The lowest BCUT2D eigenvalue weighted by molar-refractivity contribution is 0.0716. The van der Waals surface area contributed by atoms with E-state index in [4.69, 9.17) is 18.9 Å². The molecular formula is C50H65NO7. The Hall–Kier alpha value is -5.11. The highest BCUT2D eigenvalue weighted by atomic mass is 16.5. The van der Waals surface area contributed by atoms with Gasteiger partial charge in [0, 0.05) is 5.69 Å². The summed E-state index contributed by atoms with van der Waals surface area (Å²) in [6.07, 6.45) is 21.1. The van der Waals surface area contributed by atoms with E-state index in [9.17, 15) is 14.4 Å². The summed E-state index contributed by atoms with van der Waals surface area (Å²) in [4.78, 5) is 40.3. The van der Waals surface area contributed by atoms with E-state index in [1.807, 2.05) is 24.3 Å². The maximum Gasteiger partial charge on any atom is 0.343 e. The minimum atomic E-state index is -0.636. The van der Waals surface area contributed by atoms with Crippen LogP contribution in [0.15, 0.2) is 91.0 Å². The van der Waals surface area contributed by atoms with Crippen LogP contribution in [0.1, 0.15) is 167 Å². The molecule has 0 atom stereocenters. The highest BCUT2D eigenvalue weighted by molar-refractivity contribution is 6.07. The van der Waals surface area contributed by atoms with E-state index in [1.165, 1.54) is 101 Å². The first-order chi connectivity index (χ1) is 28.4. The number of unbranched alkanes of at least 4 members (excludes halogenated alkanes) is 14. The van der Waals surface area contributed by atoms with Crippen molar-refractivity contribution in [3.8, 4) is 23.0 Å². The van der Waals surface area contributed by atoms with Crippen LogP contribution < -0.4 is 24.3 Å². The van der Waals surface area contributed by atoms with Crippen molar-refractivity contribution in [3.05, 3.63) is 113 Å². The first-order valence-electron chi connectivity index (χ1n) is 21.8. The largest absolute Gasteiger partial charge is 0.494 e. The molecule has 0 heterocycles. The molecule has 8 nitrogen and oxygen atoms in total. The number of amides is 1. The van der Waals surface area contributed by atoms with E-state index in [1.54, 1.807) is 48.5 Å². The lowest BCUT2D eigenvalue weighted by Gasteiger charge is -2.14. The zero-order chi connectivity index (χ0) is 41.2. The molecule has 1 amide bonds. The van der Waals surface area contributed by atoms with Crippen LogP contribution in [-0.2, 0) is 6.42 Å². The van der Waals surface area contributed by atoms with Gasteiger partial charge in [-0.3, -0.25) is 4.79 Å². The van der Waals surface area contributed by atoms with Gasteiger partial charge < -0.3 is 24.3 Å². The van der Waals surface area contributed by atoms with Crippen molar-refractivity contribution in [1.82, 2.24) is 0 Å². The fourth-order valence-electron chi connectivity index (χ4n) is 6.57. The SMILES string of the molecule is CCCCCCCCOc1ccc(C(=O)Oc2ccc(OC(=O)c3ccc(OCCCCCCCC)cc3)c(C(=O)Nc3ccc(CCCCCCC)cc3)c2)cc1. The molecule has 4 aromatic carbocycles. The molecule has 0 unspecified atom stereocenters. The maximum absolute atomic E-state index is 13.8. The molecule has 0 aliphatic rings. The number of hydrogen-bond acceptors (Lipinski definition) is 7. The van der Waals surface area contributed by atoms with Gasteiger partial charge in [-0.2, -0.15) is 0 Å². The number of hydrogen-bond donors (Lipinski definition) is 1. The van der Waals surface area contributed by atoms with Gasteiger partial charge in [0.2, 0.25) is 0 Å². The first kappa shape index (κ1) is 45.6. The molecule has 0 spiro atoms. The van der Waals surface area contributed by atoms with E-state index in [2.05, 4.69) is 26.1 Å². The third kappa shape index (κ3) is 16.8. The van der Waals surface area contributed by atoms with Gasteiger partial charge in [-0.25, -0.2) is 9.59 Å². The Bertz CT molecular complexity index is 1780. The fraction of sp³-hybridized carbons (Fsp3) is 0.460. The average molecular weight is 792 g/mol. The van der Waals surface area contributed by atoms with Gasteiger partial charge in [-0.15, -0.1) is 0 Å². The molecule has 0 fully saturated rings. The molecule has 58 heavy (non-hydrogen) atoms. The van der Waals surface area contributed by atoms with Gasteiger partial charge >= 0.3 is 11.9 Å². The number of anilines is 1. The maximum atomic E-state index is 13.8. The van der Waals surface area contributed by atoms with Crippen molar-refractivity contribution in [1.29, 1.82) is 0 Å². The van der Waals surface area contributed by atoms with Crippen LogP contribution in [0.4, 0.5) is 5.69 Å². The van der Waals surface area contributed by atoms with Crippen molar-refractivity contribution in [2.24, 2.45) is 0 Å². The van der Waals surface area contributed by atoms with E-state index >= 15 is 0 Å². The molecule has 0 saturated carbocycles. The van der Waals surface area contributed by atoms with Crippen LogP contribution >= 0.6 is 0 Å². The summed E-state index contributed by atoms with van der Waals surface area (Å²) < 4.78 is 23.2. The second-order valence-corrected chi connectivity index (χ2v) is 15.0. The summed E-state index contributed by atoms with van der Waals surface area (Å²) in [5.74, 6) is -0.228. The lowest BCUT2D eigenvalue weighted by Crippen LogP contribution is -2.17. The third-order valence-electron chi connectivity index (χ3n) is 10.1. The lowest BCUT2D eigenvalue weighted by atomic mass is 10.1. The molecule has 0 aromatic heterocycles. The number of carbonyl (C=O) groups excluding carboxylic acids is 3. The normalized spacial score (nSPS) is 10.9. The molecule has 1 N–H and O–H groups in total. The molecule has 0 saturated heterocycles. The van der Waals surface area contributed by atoms with E-state index in [-0.39, 0.29) is 17.1 Å². The van der Waals surface area contributed by atoms with Crippen molar-refractivity contribution in [3.63, 3.8) is 0 Å². The van der Waals surface area contributed by atoms with Crippen molar-refractivity contribution in [2.75, 3.05) is 18.5 Å². The molecule has 0 radical (unpaired) electrons.